The maximum atomic E-state index is 15.8. The summed E-state index contributed by atoms with van der Waals surface area (Å²) in [6, 6.07) is 0. The first-order chi connectivity index (χ1) is 20.9. The van der Waals surface area contributed by atoms with Gasteiger partial charge in [-0.3, -0.25) is 0 Å². The topological polar surface area (TPSA) is 267 Å². The zero-order chi connectivity index (χ0) is 31.0. The predicted molar refractivity (Wildman–Crippen MR) is 157 cm³/mol. The average molecular weight is 698 g/mol. The minimum atomic E-state index is -4.46. The molecule has 0 aliphatic carbocycles. The molecule has 2 bridgehead atoms. The Morgan fingerprint density at radius 3 is 2.59 bits per heavy atom. The van der Waals surface area contributed by atoms with Crippen molar-refractivity contribution < 1.29 is 41.7 Å². The number of hydrogen-bond acceptors (Lipinski definition) is 19. The quantitative estimate of drug-likeness (QED) is 0.101. The van der Waals surface area contributed by atoms with Crippen LogP contribution in [0.2, 0.25) is 0 Å². The van der Waals surface area contributed by atoms with E-state index in [0.29, 0.717) is 11.3 Å². The van der Waals surface area contributed by atoms with E-state index in [0.717, 1.165) is 4.68 Å². The third-order valence-electron chi connectivity index (χ3n) is 7.21. The molecular formula is C19H26FN11O9P2S2. The van der Waals surface area contributed by atoms with Crippen LogP contribution in [0.25, 0.3) is 16.8 Å². The van der Waals surface area contributed by atoms with Crippen LogP contribution in [-0.4, -0.2) is 98.1 Å². The summed E-state index contributed by atoms with van der Waals surface area (Å²) < 4.78 is 53.1. The number of nitrogen functional groups attached to an aromatic ring is 2. The zero-order valence-electron chi connectivity index (χ0n) is 22.1. The molecule has 0 saturated carbocycles. The molecule has 4 aromatic rings. The van der Waals surface area contributed by atoms with Crippen LogP contribution in [-0.2, 0) is 27.6 Å². The summed E-state index contributed by atoms with van der Waals surface area (Å²) in [7, 11) is -8.74. The first-order valence-electron chi connectivity index (χ1n) is 12.9. The van der Waals surface area contributed by atoms with Crippen molar-refractivity contribution in [2.75, 3.05) is 24.7 Å². The fourth-order valence-corrected chi connectivity index (χ4v) is 8.61. The molecule has 0 unspecified atom stereocenters. The van der Waals surface area contributed by atoms with Crippen LogP contribution in [0.15, 0.2) is 17.3 Å². The van der Waals surface area contributed by atoms with Crippen molar-refractivity contribution in [2.24, 2.45) is 0 Å². The molecule has 7 rings (SSSR count). The summed E-state index contributed by atoms with van der Waals surface area (Å²) in [5, 5.41) is 11.8. The normalized spacial score (nSPS) is 33.7. The van der Waals surface area contributed by atoms with Gasteiger partial charge in [-0.25, -0.2) is 0 Å². The zero-order valence-corrected chi connectivity index (χ0v) is 25.9. The van der Waals surface area contributed by atoms with Crippen LogP contribution in [0, 0.1) is 0 Å². The SMILES string of the molecule is Nc1nc2c(nnn2[C@@H]2O[C@@H]3CO[PH](O)(S)O[C@H]4C[C@H](c5cnc6c(N)ncnn56)O[C@@H]4CO[PH](O)(S)O[C@@H]2[C@H]3F)c(=O)[nH]1. The molecule has 20 nitrogen and oxygen atoms in total. The van der Waals surface area contributed by atoms with E-state index in [1.54, 1.807) is 0 Å². The number of ether oxygens (including phenoxy) is 2. The Labute approximate surface area is 256 Å². The number of fused-ring (bicyclic) bond motifs is 5. The Kier molecular flexibility index (Phi) is 7.66. The van der Waals surface area contributed by atoms with Crippen molar-refractivity contribution in [1.82, 2.24) is 44.5 Å². The molecule has 7 N–H and O–H groups in total. The third-order valence-corrected chi connectivity index (χ3v) is 10.9. The molecular weight excluding hydrogens is 671 g/mol. The van der Waals surface area contributed by atoms with Gasteiger partial charge in [-0.05, 0) is 0 Å². The van der Waals surface area contributed by atoms with E-state index in [9.17, 15) is 14.6 Å². The summed E-state index contributed by atoms with van der Waals surface area (Å²) in [6.45, 7) is -0.914. The number of nitrogens with one attached hydrogen (secondary N) is 1. The van der Waals surface area contributed by atoms with Crippen molar-refractivity contribution in [1.29, 1.82) is 0 Å². The fraction of sp³-hybridized carbons (Fsp3) is 0.526. The number of nitrogens with two attached hydrogens (primary N) is 2. The second-order valence-corrected chi connectivity index (χ2v) is 16.7. The summed E-state index contributed by atoms with van der Waals surface area (Å²) in [5.41, 5.74) is 11.4. The van der Waals surface area contributed by atoms with E-state index < -0.39 is 69.4 Å². The number of aromatic nitrogens is 9. The van der Waals surface area contributed by atoms with Gasteiger partial charge in [0.2, 0.25) is 0 Å². The first-order valence-corrected chi connectivity index (χ1v) is 19.0. The Morgan fingerprint density at radius 2 is 1.80 bits per heavy atom. The number of imidazole rings is 1. The van der Waals surface area contributed by atoms with E-state index in [1.165, 1.54) is 17.0 Å². The van der Waals surface area contributed by atoms with Gasteiger partial charge in [-0.2, -0.15) is 0 Å². The predicted octanol–water partition coefficient (Wildman–Crippen LogP) is -0.636. The van der Waals surface area contributed by atoms with Crippen molar-refractivity contribution in [3.05, 3.63) is 28.6 Å². The van der Waals surface area contributed by atoms with Crippen LogP contribution < -0.4 is 17.0 Å². The van der Waals surface area contributed by atoms with Gasteiger partial charge in [0.05, 0.1) is 0 Å². The maximum absolute atomic E-state index is 15.8. The van der Waals surface area contributed by atoms with Crippen LogP contribution >= 0.6 is 38.8 Å². The average Bonchev–Trinajstić information content (AvgIpc) is 3.72. The summed E-state index contributed by atoms with van der Waals surface area (Å²) in [6.07, 6.45) is -5.99. The van der Waals surface area contributed by atoms with Crippen LogP contribution in [0.1, 0.15) is 24.4 Å². The van der Waals surface area contributed by atoms with Crippen molar-refractivity contribution in [3.8, 4) is 0 Å². The number of rotatable bonds is 2. The molecule has 3 saturated heterocycles. The Bertz CT molecular complexity index is 1780. The van der Waals surface area contributed by atoms with E-state index in [1.807, 2.05) is 0 Å². The van der Waals surface area contributed by atoms with E-state index in [2.05, 4.69) is 59.8 Å². The molecule has 0 amide bonds. The van der Waals surface area contributed by atoms with Gasteiger partial charge in [0.25, 0.3) is 0 Å². The molecule has 7 heterocycles. The van der Waals surface area contributed by atoms with Gasteiger partial charge in [-0.15, -0.1) is 0 Å². The molecule has 240 valence electrons. The van der Waals surface area contributed by atoms with E-state index in [-0.39, 0.29) is 36.0 Å². The third kappa shape index (κ3) is 5.50. The molecule has 4 aromatic heterocycles. The Balaban J connectivity index is 1.18. The number of halogens is 1. The summed E-state index contributed by atoms with van der Waals surface area (Å²) in [5.74, 6) is -0.0947. The molecule has 3 aliphatic heterocycles. The second-order valence-electron chi connectivity index (χ2n) is 10.1. The number of thiol groups is 2. The van der Waals surface area contributed by atoms with Gasteiger partial charge in [0.15, 0.2) is 0 Å². The summed E-state index contributed by atoms with van der Waals surface area (Å²) >= 11 is 8.41. The van der Waals surface area contributed by atoms with Crippen LogP contribution in [0.5, 0.6) is 0 Å². The number of H-pyrrole nitrogens is 1. The van der Waals surface area contributed by atoms with Gasteiger partial charge >= 0.3 is 256 Å². The molecule has 0 spiro atoms. The number of nitrogens with zero attached hydrogens (tertiary/aromatic N) is 8. The molecule has 3 aliphatic rings. The Morgan fingerprint density at radius 1 is 1.05 bits per heavy atom. The summed E-state index contributed by atoms with van der Waals surface area (Å²) in [4.78, 5) is 48.9. The molecule has 44 heavy (non-hydrogen) atoms. The fourth-order valence-electron chi connectivity index (χ4n) is 5.25. The number of alkyl halides is 1. The molecule has 0 radical (unpaired) electrons. The van der Waals surface area contributed by atoms with Crippen molar-refractivity contribution in [3.63, 3.8) is 0 Å². The molecule has 7 atom stereocenters. The van der Waals surface area contributed by atoms with E-state index in [4.69, 9.17) is 39.0 Å². The number of hydrogen-bond donors (Lipinski definition) is 7. The van der Waals surface area contributed by atoms with Gasteiger partial charge in [-0.1, -0.05) is 0 Å². The van der Waals surface area contributed by atoms with Gasteiger partial charge in [0.1, 0.15) is 0 Å². The minimum absolute atomic E-state index is 0.138. The van der Waals surface area contributed by atoms with Gasteiger partial charge < -0.3 is 0 Å². The van der Waals surface area contributed by atoms with Crippen LogP contribution in [0.3, 0.4) is 0 Å². The van der Waals surface area contributed by atoms with Crippen molar-refractivity contribution >= 4 is 67.4 Å². The Hall–Kier alpha value is -2.40. The molecule has 25 heteroatoms. The molecule has 0 aromatic carbocycles. The second kappa shape index (κ2) is 11.1. The number of aromatic amines is 1. The van der Waals surface area contributed by atoms with Crippen molar-refractivity contribution in [2.45, 2.75) is 49.3 Å². The van der Waals surface area contributed by atoms with Gasteiger partial charge in [0, 0.05) is 0 Å². The molecule has 3 fully saturated rings. The number of anilines is 2. The van der Waals surface area contributed by atoms with Crippen LogP contribution in [0.4, 0.5) is 16.2 Å². The standard InChI is InChI=1S/C19H26FN11O9P2S2/c20-11-10-4-36-41(33,43)39-8-1-7(6-2-23-16-14(21)24-5-25-30(6)16)37-9(8)3-35-42(34,44)40-13(11)18(38-10)31-15-12(28-29-31)17(32)27-19(22)26-15/h2,5,7-11,13,18,33-34,41-44H,1,3-4H2,(H2,21,24,25)(H3,22,26,27,32)/t7-,8+,9-,10-,11+,13-,18-/m1/s1. The monoisotopic (exact) mass is 697 g/mol. The first kappa shape index (κ1) is 30.3. The van der Waals surface area contributed by atoms with E-state index >= 15 is 4.39 Å².